The van der Waals surface area contributed by atoms with Crippen molar-refractivity contribution in [2.45, 2.75) is 80.1 Å². The number of nitrogens with zero attached hydrogens (tertiary/aromatic N) is 8. The maximum atomic E-state index is 6.41. The Balaban J connectivity index is 0.000000152. The van der Waals surface area contributed by atoms with Gasteiger partial charge >= 0.3 is 0 Å². The van der Waals surface area contributed by atoms with E-state index in [1.165, 1.54) is 53.6 Å². The van der Waals surface area contributed by atoms with Crippen LogP contribution in [-0.4, -0.2) is 29.1 Å². The molecule has 0 radical (unpaired) electrons. The van der Waals surface area contributed by atoms with Gasteiger partial charge in [-0.3, -0.25) is 0 Å². The van der Waals surface area contributed by atoms with Crippen LogP contribution < -0.4 is 9.80 Å². The highest BCUT2D eigenvalue weighted by molar-refractivity contribution is 7.22. The standard InChI is InChI=1S/C54H48N4O2.C46H32N4S2/c1-33-9-17-39(18-10-33)57(40-19-11-34(2)12-20-40)41-21-23-42(24-22-41)58-47-25-13-35(51-55-45-31-37(53(3,4)5)15-27-49(45)59-51)29-43(47)44-30-36(14-26-48(44)58)52-56-46-32-38(54(6,7)8)16-28-50(46)60-52;1-29-11-17-33(18-12-29)49(34-19-13-30(2)14-20-34)35-21-23-36(24-22-35)50-41-25-15-31(45-47-39-7-3-5-9-43(39)51-45)27-37(41)38-28-32(16-26-42(38)50)46-48-40-8-4-6-10-44(40)52-46/h9-32H,1-8H3;3-28H,1-2H3. The number of hydrogen-bond donors (Lipinski definition) is 0. The SMILES string of the molecule is Cc1ccc(N(c2ccc(C)cc2)c2ccc(-n3c4ccc(-c5nc6cc(C(C)(C)C)ccc6o5)cc4c4cc(-c5nc6cc(C(C)(C)C)ccc6o5)ccc43)cc2)cc1.Cc1ccc(N(c2ccc(C)cc2)c2ccc(-n3c4ccc(-c5nc6ccccc6s5)cc4c4cc(-c5nc6ccccc6s5)ccc43)cc2)cc1. The predicted molar refractivity (Wildman–Crippen MR) is 471 cm³/mol. The summed E-state index contributed by atoms with van der Waals surface area (Å²) >= 11 is 3.48. The minimum absolute atomic E-state index is 0.00710. The second-order valence-electron chi connectivity index (χ2n) is 31.5. The van der Waals surface area contributed by atoms with Gasteiger partial charge in [-0.2, -0.15) is 0 Å². The minimum atomic E-state index is 0.00710. The highest BCUT2D eigenvalue weighted by Crippen LogP contribution is 2.45. The summed E-state index contributed by atoms with van der Waals surface area (Å²) in [4.78, 5) is 24.7. The fourth-order valence-corrected chi connectivity index (χ4v) is 17.3. The van der Waals surface area contributed by atoms with E-state index < -0.39 is 0 Å². The van der Waals surface area contributed by atoms with Crippen LogP contribution in [0.5, 0.6) is 0 Å². The van der Waals surface area contributed by atoms with Crippen molar-refractivity contribution in [1.29, 1.82) is 0 Å². The number of anilines is 6. The Morgan fingerprint density at radius 1 is 0.286 bits per heavy atom. The topological polar surface area (TPSA) is 94.2 Å². The average molecular weight is 1490 g/mol. The Morgan fingerprint density at radius 2 is 0.580 bits per heavy atom. The van der Waals surface area contributed by atoms with Crippen LogP contribution in [0.2, 0.25) is 0 Å². The highest BCUT2D eigenvalue weighted by Gasteiger charge is 2.25. The van der Waals surface area contributed by atoms with Crippen LogP contribution in [0.15, 0.2) is 312 Å². The molecule has 0 fully saturated rings. The molecule has 0 saturated heterocycles. The van der Waals surface area contributed by atoms with Crippen LogP contribution in [0.3, 0.4) is 0 Å². The van der Waals surface area contributed by atoms with Crippen molar-refractivity contribution >= 4 is 143 Å². The second-order valence-corrected chi connectivity index (χ2v) is 33.6. The molecular formula is C100H80N8O2S2. The van der Waals surface area contributed by atoms with Gasteiger partial charge in [0.05, 0.1) is 42.5 Å². The van der Waals surface area contributed by atoms with E-state index in [-0.39, 0.29) is 10.8 Å². The van der Waals surface area contributed by atoms with Crippen LogP contribution >= 0.6 is 22.7 Å². The van der Waals surface area contributed by atoms with E-state index in [1.807, 2.05) is 12.1 Å². The van der Waals surface area contributed by atoms with Gasteiger partial charge in [0.1, 0.15) is 21.0 Å². The Kier molecular flexibility index (Phi) is 17.1. The molecule has 6 aromatic heterocycles. The number of aromatic nitrogens is 6. The van der Waals surface area contributed by atoms with Gasteiger partial charge in [-0.15, -0.1) is 22.7 Å². The monoisotopic (exact) mass is 1490 g/mol. The molecular weight excluding hydrogens is 1410 g/mol. The first-order valence-corrected chi connectivity index (χ1v) is 39.7. The Hall–Kier alpha value is -13.0. The highest BCUT2D eigenvalue weighted by atomic mass is 32.1. The maximum Gasteiger partial charge on any atom is 0.227 e. The molecule has 0 unspecified atom stereocenters. The zero-order chi connectivity index (χ0) is 76.3. The van der Waals surface area contributed by atoms with Gasteiger partial charge in [-0.25, -0.2) is 19.9 Å². The van der Waals surface area contributed by atoms with Crippen LogP contribution in [-0.2, 0) is 10.8 Å². The Morgan fingerprint density at radius 3 is 0.893 bits per heavy atom. The molecule has 0 aliphatic carbocycles. The number of benzene rings is 14. The molecule has 14 aromatic carbocycles. The number of rotatable bonds is 12. The van der Waals surface area contributed by atoms with Crippen molar-refractivity contribution in [3.05, 3.63) is 337 Å². The van der Waals surface area contributed by atoms with Gasteiger partial charge in [0, 0.05) is 89.3 Å². The van der Waals surface area contributed by atoms with E-state index in [9.17, 15) is 0 Å². The number of fused-ring (bicyclic) bond motifs is 10. The summed E-state index contributed by atoms with van der Waals surface area (Å²) in [7, 11) is 0. The summed E-state index contributed by atoms with van der Waals surface area (Å²) in [5, 5.41) is 6.61. The molecule has 112 heavy (non-hydrogen) atoms. The fraction of sp³-hybridized carbons (Fsp3) is 0.120. The lowest BCUT2D eigenvalue weighted by atomic mass is 9.87. The number of aryl methyl sites for hydroxylation is 4. The smallest absolute Gasteiger partial charge is 0.227 e. The number of oxazole rings is 2. The van der Waals surface area contributed by atoms with Crippen molar-refractivity contribution in [2.24, 2.45) is 0 Å². The third-order valence-electron chi connectivity index (χ3n) is 21.5. The molecule has 12 heteroatoms. The van der Waals surface area contributed by atoms with Gasteiger partial charge in [0.2, 0.25) is 11.8 Å². The van der Waals surface area contributed by atoms with E-state index in [1.54, 1.807) is 22.7 Å². The third-order valence-corrected chi connectivity index (χ3v) is 23.7. The summed E-state index contributed by atoms with van der Waals surface area (Å²) < 4.78 is 19.9. The van der Waals surface area contributed by atoms with E-state index in [4.69, 9.17) is 28.8 Å². The third kappa shape index (κ3) is 12.9. The molecule has 0 aliphatic heterocycles. The van der Waals surface area contributed by atoms with Gasteiger partial charge in [0.15, 0.2) is 11.2 Å². The molecule has 544 valence electrons. The molecule has 0 aliphatic rings. The predicted octanol–water partition coefficient (Wildman–Crippen LogP) is 28.5. The molecule has 6 heterocycles. The van der Waals surface area contributed by atoms with Gasteiger partial charge in [0.25, 0.3) is 0 Å². The second kappa shape index (κ2) is 27.5. The summed E-state index contributed by atoms with van der Waals surface area (Å²) in [5.74, 6) is 1.19. The molecule has 10 nitrogen and oxygen atoms in total. The average Bonchev–Trinajstić information content (AvgIpc) is 1.58. The van der Waals surface area contributed by atoms with Crippen LogP contribution in [0.4, 0.5) is 34.1 Å². The van der Waals surface area contributed by atoms with E-state index in [2.05, 4.69) is 379 Å². The van der Waals surface area contributed by atoms with Gasteiger partial charge in [-0.1, -0.05) is 149 Å². The largest absolute Gasteiger partial charge is 0.436 e. The number of para-hydroxylation sites is 2. The van der Waals surface area contributed by atoms with Crippen molar-refractivity contribution in [3.63, 3.8) is 0 Å². The maximum absolute atomic E-state index is 6.41. The molecule has 0 N–H and O–H groups in total. The molecule has 0 amide bonds. The minimum Gasteiger partial charge on any atom is -0.436 e. The van der Waals surface area contributed by atoms with Crippen molar-refractivity contribution < 1.29 is 8.83 Å². The zero-order valence-corrected chi connectivity index (χ0v) is 65.7. The first-order chi connectivity index (χ1) is 54.3. The summed E-state index contributed by atoms with van der Waals surface area (Å²) in [6.07, 6.45) is 0. The lowest BCUT2D eigenvalue weighted by Gasteiger charge is -2.26. The van der Waals surface area contributed by atoms with Gasteiger partial charge < -0.3 is 27.8 Å². The van der Waals surface area contributed by atoms with Crippen molar-refractivity contribution in [1.82, 2.24) is 29.1 Å². The number of hydrogen-bond acceptors (Lipinski definition) is 10. The molecule has 20 rings (SSSR count). The zero-order valence-electron chi connectivity index (χ0n) is 64.1. The van der Waals surface area contributed by atoms with E-state index in [0.29, 0.717) is 11.8 Å². The quantitative estimate of drug-likeness (QED) is 0.119. The molecule has 0 saturated carbocycles. The first-order valence-electron chi connectivity index (χ1n) is 38.1. The first kappa shape index (κ1) is 69.5. The van der Waals surface area contributed by atoms with Crippen LogP contribution in [0.1, 0.15) is 74.9 Å². The number of thiazole rings is 2. The molecule has 0 atom stereocenters. The Bertz CT molecular complexity index is 6550. The summed E-state index contributed by atoms with van der Waals surface area (Å²) in [6.45, 7) is 21.8. The normalized spacial score (nSPS) is 12.0. The van der Waals surface area contributed by atoms with Crippen molar-refractivity contribution in [3.8, 4) is 55.4 Å². The van der Waals surface area contributed by atoms with Crippen LogP contribution in [0, 0.1) is 27.7 Å². The lowest BCUT2D eigenvalue weighted by Crippen LogP contribution is -2.10. The summed E-state index contributed by atoms with van der Waals surface area (Å²) in [5.41, 5.74) is 30.1. The van der Waals surface area contributed by atoms with E-state index >= 15 is 0 Å². The molecule has 0 spiro atoms. The fourth-order valence-electron chi connectivity index (χ4n) is 15.3. The van der Waals surface area contributed by atoms with Crippen molar-refractivity contribution in [2.75, 3.05) is 9.80 Å². The molecule has 20 aromatic rings. The molecule has 0 bridgehead atoms. The Labute approximate surface area is 658 Å². The van der Waals surface area contributed by atoms with E-state index in [0.717, 1.165) is 144 Å². The van der Waals surface area contributed by atoms with Gasteiger partial charge in [-0.05, 0) is 268 Å². The lowest BCUT2D eigenvalue weighted by molar-refractivity contribution is 0.589. The summed E-state index contributed by atoms with van der Waals surface area (Å²) in [6, 6.07) is 109. The van der Waals surface area contributed by atoms with Crippen LogP contribution in [0.25, 0.3) is 142 Å².